The maximum Gasteiger partial charge on any atom is 0.126 e. The van der Waals surface area contributed by atoms with Gasteiger partial charge in [-0.1, -0.05) is 49.6 Å². The number of nitrogens with zero attached hydrogens (tertiary/aromatic N) is 2. The van der Waals surface area contributed by atoms with Gasteiger partial charge in [-0.2, -0.15) is 0 Å². The van der Waals surface area contributed by atoms with Crippen LogP contribution in [0.25, 0.3) is 10.8 Å². The van der Waals surface area contributed by atoms with Gasteiger partial charge in [-0.05, 0) is 61.5 Å². The van der Waals surface area contributed by atoms with Crippen molar-refractivity contribution in [1.82, 2.24) is 9.80 Å². The lowest BCUT2D eigenvalue weighted by Gasteiger charge is -2.45. The Balaban J connectivity index is 1.19. The molecule has 2 saturated carbocycles. The Morgan fingerprint density at radius 1 is 0.667 bits per heavy atom. The molecular weight excluding hydrogens is 368 g/mol. The normalized spacial score (nSPS) is 27.4. The van der Waals surface area contributed by atoms with Crippen molar-refractivity contribution < 1.29 is 4.74 Å². The summed E-state index contributed by atoms with van der Waals surface area (Å²) in [5.74, 6) is 1.69. The summed E-state index contributed by atoms with van der Waals surface area (Å²) in [6.07, 6.45) is 12.6. The summed E-state index contributed by atoms with van der Waals surface area (Å²) in [5, 5.41) is 2.65. The minimum atomic E-state index is 0.695. The van der Waals surface area contributed by atoms with Gasteiger partial charge in [0.1, 0.15) is 5.75 Å². The lowest BCUT2D eigenvalue weighted by atomic mass is 9.79. The second-order valence-electron chi connectivity index (χ2n) is 9.77. The van der Waals surface area contributed by atoms with E-state index in [9.17, 15) is 0 Å². The van der Waals surface area contributed by atoms with Crippen molar-refractivity contribution in [2.24, 2.45) is 0 Å². The van der Waals surface area contributed by atoms with Gasteiger partial charge in [-0.25, -0.2) is 0 Å². The minimum Gasteiger partial charge on any atom is -0.496 e. The fourth-order valence-electron chi connectivity index (χ4n) is 6.51. The molecule has 30 heavy (non-hydrogen) atoms. The first-order valence-corrected chi connectivity index (χ1v) is 12.4. The van der Waals surface area contributed by atoms with Crippen molar-refractivity contribution in [2.75, 3.05) is 33.3 Å². The van der Waals surface area contributed by atoms with Gasteiger partial charge in [0.15, 0.2) is 0 Å². The fourth-order valence-corrected chi connectivity index (χ4v) is 6.51. The Bertz CT molecular complexity index is 828. The van der Waals surface area contributed by atoms with Gasteiger partial charge in [-0.3, -0.25) is 9.80 Å². The third kappa shape index (κ3) is 4.11. The summed E-state index contributed by atoms with van der Waals surface area (Å²) in [6, 6.07) is 15.0. The van der Waals surface area contributed by atoms with Crippen molar-refractivity contribution in [2.45, 2.75) is 75.8 Å². The highest BCUT2D eigenvalue weighted by atomic mass is 16.5. The van der Waals surface area contributed by atoms with Gasteiger partial charge in [0, 0.05) is 43.6 Å². The highest BCUT2D eigenvalue weighted by molar-refractivity contribution is 5.91. The number of hydrogen-bond donors (Lipinski definition) is 0. The molecule has 0 amide bonds. The largest absolute Gasteiger partial charge is 0.496 e. The standard InChI is InChI=1S/C27H38N2O/c1-30-27-12-6-10-25-24(9-5-11-26(25)27)21-13-15-23(16-14-21)29-19-17-28(18-20-29)22-7-3-2-4-8-22/h5-6,9-12,21-23H,2-4,7-8,13-20H2,1H3/t21-,23-. The summed E-state index contributed by atoms with van der Waals surface area (Å²) in [7, 11) is 1.78. The van der Waals surface area contributed by atoms with E-state index in [4.69, 9.17) is 4.74 Å². The summed E-state index contributed by atoms with van der Waals surface area (Å²) >= 11 is 0. The Kier molecular flexibility index (Phi) is 6.29. The van der Waals surface area contributed by atoms with Crippen molar-refractivity contribution in [3.05, 3.63) is 42.0 Å². The predicted molar refractivity (Wildman–Crippen MR) is 126 cm³/mol. The number of benzene rings is 2. The molecule has 0 bridgehead atoms. The fraction of sp³-hybridized carbons (Fsp3) is 0.630. The second kappa shape index (κ2) is 9.28. The lowest BCUT2D eigenvalue weighted by molar-refractivity contribution is 0.0446. The van der Waals surface area contributed by atoms with E-state index in [-0.39, 0.29) is 0 Å². The van der Waals surface area contributed by atoms with Gasteiger partial charge in [0.05, 0.1) is 7.11 Å². The zero-order valence-electron chi connectivity index (χ0n) is 18.7. The van der Waals surface area contributed by atoms with E-state index in [0.717, 1.165) is 17.8 Å². The molecule has 1 heterocycles. The topological polar surface area (TPSA) is 15.7 Å². The van der Waals surface area contributed by atoms with Gasteiger partial charge < -0.3 is 4.74 Å². The highest BCUT2D eigenvalue weighted by Gasteiger charge is 2.31. The van der Waals surface area contributed by atoms with Gasteiger partial charge in [-0.15, -0.1) is 0 Å². The number of hydrogen-bond acceptors (Lipinski definition) is 3. The van der Waals surface area contributed by atoms with Crippen molar-refractivity contribution >= 4 is 10.8 Å². The number of fused-ring (bicyclic) bond motifs is 1. The van der Waals surface area contributed by atoms with Crippen LogP contribution in [-0.2, 0) is 0 Å². The van der Waals surface area contributed by atoms with Crippen molar-refractivity contribution in [1.29, 1.82) is 0 Å². The first kappa shape index (κ1) is 20.3. The van der Waals surface area contributed by atoms with Gasteiger partial charge in [0.2, 0.25) is 0 Å². The number of methoxy groups -OCH3 is 1. The first-order valence-electron chi connectivity index (χ1n) is 12.4. The lowest BCUT2D eigenvalue weighted by Crippen LogP contribution is -2.53. The van der Waals surface area contributed by atoms with Crippen LogP contribution in [-0.4, -0.2) is 55.2 Å². The molecule has 0 atom stereocenters. The average Bonchev–Trinajstić information content (AvgIpc) is 2.84. The molecule has 2 aromatic rings. The third-order valence-corrected chi connectivity index (χ3v) is 8.23. The molecule has 2 aliphatic carbocycles. The van der Waals surface area contributed by atoms with E-state index >= 15 is 0 Å². The molecule has 162 valence electrons. The van der Waals surface area contributed by atoms with E-state index in [1.54, 1.807) is 7.11 Å². The van der Waals surface area contributed by atoms with Crippen LogP contribution >= 0.6 is 0 Å². The van der Waals surface area contributed by atoms with Crippen LogP contribution in [0, 0.1) is 0 Å². The molecule has 1 saturated heterocycles. The SMILES string of the molecule is COc1cccc2c1cccc2[C@H]1CC[C@H](N2CCN(C3CCCCC3)CC2)CC1. The molecule has 3 nitrogen and oxygen atoms in total. The van der Waals surface area contributed by atoms with Crippen LogP contribution in [0.4, 0.5) is 0 Å². The molecule has 0 aromatic heterocycles. The van der Waals surface area contributed by atoms with Crippen molar-refractivity contribution in [3.8, 4) is 5.75 Å². The molecular formula is C27H38N2O. The Labute approximate surface area is 182 Å². The Morgan fingerprint density at radius 3 is 1.93 bits per heavy atom. The van der Waals surface area contributed by atoms with Crippen LogP contribution in [0.1, 0.15) is 69.3 Å². The second-order valence-corrected chi connectivity index (χ2v) is 9.77. The highest BCUT2D eigenvalue weighted by Crippen LogP contribution is 2.39. The summed E-state index contributed by atoms with van der Waals surface area (Å²) in [4.78, 5) is 5.63. The van der Waals surface area contributed by atoms with Crippen LogP contribution in [0.5, 0.6) is 5.75 Å². The van der Waals surface area contributed by atoms with E-state index in [1.807, 2.05) is 0 Å². The smallest absolute Gasteiger partial charge is 0.126 e. The summed E-state index contributed by atoms with van der Waals surface area (Å²) in [6.45, 7) is 5.18. The van der Waals surface area contributed by atoms with E-state index < -0.39 is 0 Å². The van der Waals surface area contributed by atoms with Crippen LogP contribution in [0.15, 0.2) is 36.4 Å². The van der Waals surface area contributed by atoms with E-state index in [1.165, 1.54) is 100 Å². The van der Waals surface area contributed by atoms with Gasteiger partial charge in [0.25, 0.3) is 0 Å². The zero-order chi connectivity index (χ0) is 20.3. The Morgan fingerprint density at radius 2 is 1.27 bits per heavy atom. The molecule has 0 N–H and O–H groups in total. The molecule has 0 spiro atoms. The predicted octanol–water partition coefficient (Wildman–Crippen LogP) is 5.82. The van der Waals surface area contributed by atoms with Crippen LogP contribution < -0.4 is 4.74 Å². The molecule has 3 heteroatoms. The van der Waals surface area contributed by atoms with Gasteiger partial charge >= 0.3 is 0 Å². The molecule has 5 rings (SSSR count). The molecule has 3 aliphatic rings. The number of piperazine rings is 1. The maximum atomic E-state index is 5.61. The monoisotopic (exact) mass is 406 g/mol. The molecule has 3 fully saturated rings. The third-order valence-electron chi connectivity index (χ3n) is 8.23. The molecule has 0 unspecified atom stereocenters. The maximum absolute atomic E-state index is 5.61. The summed E-state index contributed by atoms with van der Waals surface area (Å²) < 4.78 is 5.61. The van der Waals surface area contributed by atoms with Crippen LogP contribution in [0.2, 0.25) is 0 Å². The summed E-state index contributed by atoms with van der Waals surface area (Å²) in [5.41, 5.74) is 1.53. The van der Waals surface area contributed by atoms with E-state index in [2.05, 4.69) is 46.2 Å². The molecule has 0 radical (unpaired) electrons. The quantitative estimate of drug-likeness (QED) is 0.636. The Hall–Kier alpha value is -1.58. The molecule has 2 aromatic carbocycles. The minimum absolute atomic E-state index is 0.695. The zero-order valence-corrected chi connectivity index (χ0v) is 18.7. The van der Waals surface area contributed by atoms with Crippen molar-refractivity contribution in [3.63, 3.8) is 0 Å². The first-order chi connectivity index (χ1) is 14.8. The van der Waals surface area contributed by atoms with Crippen LogP contribution in [0.3, 0.4) is 0 Å². The van der Waals surface area contributed by atoms with E-state index in [0.29, 0.717) is 5.92 Å². The molecule has 1 aliphatic heterocycles. The average molecular weight is 407 g/mol. The number of rotatable bonds is 4. The number of ether oxygens (including phenoxy) is 1.